The molecule has 0 radical (unpaired) electrons. The maximum atomic E-state index is 13.3. The van der Waals surface area contributed by atoms with Crippen LogP contribution in [-0.2, 0) is 9.53 Å². The fraction of sp³-hybridized carbons (Fsp3) is 0.474. The first-order valence-electron chi connectivity index (χ1n) is 8.77. The second kappa shape index (κ2) is 8.80. The van der Waals surface area contributed by atoms with Crippen LogP contribution in [0.5, 0.6) is 0 Å². The van der Waals surface area contributed by atoms with Crippen LogP contribution in [-0.4, -0.2) is 55.6 Å². The van der Waals surface area contributed by atoms with Crippen LogP contribution in [0.25, 0.3) is 0 Å². The summed E-state index contributed by atoms with van der Waals surface area (Å²) in [6.45, 7) is 5.29. The van der Waals surface area contributed by atoms with Crippen molar-refractivity contribution >= 4 is 12.0 Å². The molecule has 1 aromatic carbocycles. The second-order valence-electron chi connectivity index (χ2n) is 6.31. The predicted molar refractivity (Wildman–Crippen MR) is 96.9 cm³/mol. The number of esters is 1. The Labute approximate surface area is 153 Å². The number of halogens is 1. The van der Waals surface area contributed by atoms with Crippen LogP contribution < -0.4 is 5.32 Å². The molecule has 26 heavy (non-hydrogen) atoms. The molecule has 2 amide bonds. The molecule has 1 aliphatic heterocycles. The van der Waals surface area contributed by atoms with Gasteiger partial charge in [-0.15, -0.1) is 0 Å². The van der Waals surface area contributed by atoms with Crippen molar-refractivity contribution in [1.29, 1.82) is 0 Å². The molecule has 0 aliphatic carbocycles. The molecule has 1 aliphatic rings. The first kappa shape index (κ1) is 19.9. The summed E-state index contributed by atoms with van der Waals surface area (Å²) in [7, 11) is 3.57. The Balaban J connectivity index is 2.53. The van der Waals surface area contributed by atoms with E-state index in [0.717, 1.165) is 13.0 Å². The van der Waals surface area contributed by atoms with Gasteiger partial charge in [0, 0.05) is 19.3 Å². The smallest absolute Gasteiger partial charge is 0.338 e. The molecule has 0 fully saturated rings. The lowest BCUT2D eigenvalue weighted by atomic mass is 9.94. The van der Waals surface area contributed by atoms with Crippen molar-refractivity contribution < 1.29 is 18.7 Å². The lowest BCUT2D eigenvalue weighted by Crippen LogP contribution is -2.49. The number of hydrogen-bond donors (Lipinski definition) is 1. The highest BCUT2D eigenvalue weighted by molar-refractivity contribution is 5.95. The number of amides is 2. The molecule has 1 atom stereocenters. The Morgan fingerprint density at radius 2 is 1.96 bits per heavy atom. The third-order valence-electron chi connectivity index (χ3n) is 4.30. The van der Waals surface area contributed by atoms with Gasteiger partial charge in [-0.25, -0.2) is 14.0 Å². The molecule has 1 unspecified atom stereocenters. The van der Waals surface area contributed by atoms with Gasteiger partial charge in [-0.2, -0.15) is 0 Å². The Bertz CT molecular complexity index is 688. The Morgan fingerprint density at radius 1 is 1.31 bits per heavy atom. The van der Waals surface area contributed by atoms with Crippen molar-refractivity contribution in [1.82, 2.24) is 15.1 Å². The quantitative estimate of drug-likeness (QED) is 0.757. The number of ether oxygens (including phenoxy) is 1. The summed E-state index contributed by atoms with van der Waals surface area (Å²) in [6.07, 6.45) is 0.954. The van der Waals surface area contributed by atoms with Crippen LogP contribution in [0, 0.1) is 5.82 Å². The number of carbonyl (C=O) groups is 2. The minimum absolute atomic E-state index is 0.230. The van der Waals surface area contributed by atoms with Gasteiger partial charge in [0.2, 0.25) is 0 Å². The molecule has 0 bridgehead atoms. The number of nitrogens with zero attached hydrogens (tertiary/aromatic N) is 2. The summed E-state index contributed by atoms with van der Waals surface area (Å²) in [4.78, 5) is 28.6. The lowest BCUT2D eigenvalue weighted by Gasteiger charge is -2.36. The maximum Gasteiger partial charge on any atom is 0.338 e. The standard InChI is InChI=1S/C19H26FN3O3/c1-5-11-22(3)12-15-16(18(24)26-6-2)17(21-19(25)23(15)4)13-7-9-14(20)10-8-13/h7-10,17H,5-6,11-12H2,1-4H3,(H,21,25). The number of likely N-dealkylation sites (N-methyl/N-ethyl adjacent to an activating group) is 2. The molecular formula is C19H26FN3O3. The average molecular weight is 363 g/mol. The minimum atomic E-state index is -0.677. The largest absolute Gasteiger partial charge is 0.463 e. The molecule has 0 aromatic heterocycles. The normalized spacial score (nSPS) is 17.5. The maximum absolute atomic E-state index is 13.3. The van der Waals surface area contributed by atoms with Gasteiger partial charge in [0.05, 0.1) is 18.2 Å². The molecule has 0 saturated heterocycles. The zero-order chi connectivity index (χ0) is 19.3. The van der Waals surface area contributed by atoms with Crippen LogP contribution in [0.1, 0.15) is 31.9 Å². The summed E-state index contributed by atoms with van der Waals surface area (Å²) in [6, 6.07) is 4.77. The van der Waals surface area contributed by atoms with Gasteiger partial charge >= 0.3 is 12.0 Å². The number of nitrogens with one attached hydrogen (secondary N) is 1. The molecule has 142 valence electrons. The number of urea groups is 1. The van der Waals surface area contributed by atoms with E-state index in [1.165, 1.54) is 17.0 Å². The van der Waals surface area contributed by atoms with Gasteiger partial charge in [-0.3, -0.25) is 4.90 Å². The highest BCUT2D eigenvalue weighted by Crippen LogP contribution is 2.31. The monoisotopic (exact) mass is 363 g/mol. The molecule has 2 rings (SSSR count). The summed E-state index contributed by atoms with van der Waals surface area (Å²) in [5, 5.41) is 2.81. The van der Waals surface area contributed by atoms with Gasteiger partial charge in [0.15, 0.2) is 0 Å². The van der Waals surface area contributed by atoms with Crippen molar-refractivity contribution in [2.45, 2.75) is 26.3 Å². The zero-order valence-electron chi connectivity index (χ0n) is 15.7. The van der Waals surface area contributed by atoms with Gasteiger partial charge in [0.25, 0.3) is 0 Å². The number of benzene rings is 1. The van der Waals surface area contributed by atoms with Crippen molar-refractivity contribution in [3.05, 3.63) is 46.9 Å². The van der Waals surface area contributed by atoms with Crippen molar-refractivity contribution in [3.63, 3.8) is 0 Å². The van der Waals surface area contributed by atoms with E-state index in [0.29, 0.717) is 23.4 Å². The van der Waals surface area contributed by atoms with Gasteiger partial charge < -0.3 is 15.0 Å². The van der Waals surface area contributed by atoms with Gasteiger partial charge in [0.1, 0.15) is 5.82 Å². The van der Waals surface area contributed by atoms with E-state index in [-0.39, 0.29) is 18.5 Å². The lowest BCUT2D eigenvalue weighted by molar-refractivity contribution is -0.139. The first-order chi connectivity index (χ1) is 12.4. The van der Waals surface area contributed by atoms with E-state index in [1.807, 2.05) is 11.9 Å². The molecule has 1 heterocycles. The van der Waals surface area contributed by atoms with E-state index >= 15 is 0 Å². The summed E-state index contributed by atoms with van der Waals surface area (Å²) >= 11 is 0. The van der Waals surface area contributed by atoms with Crippen LogP contribution in [0.2, 0.25) is 0 Å². The van der Waals surface area contributed by atoms with Crippen molar-refractivity contribution in [2.75, 3.05) is 33.8 Å². The highest BCUT2D eigenvalue weighted by Gasteiger charge is 2.36. The average Bonchev–Trinajstić information content (AvgIpc) is 2.60. The molecule has 1 aromatic rings. The summed E-state index contributed by atoms with van der Waals surface area (Å²) in [5.74, 6) is -0.855. The van der Waals surface area contributed by atoms with Crippen LogP contribution in [0.3, 0.4) is 0 Å². The Kier molecular flexibility index (Phi) is 6.74. The SMILES string of the molecule is CCCN(C)CC1=C(C(=O)OCC)C(c2ccc(F)cc2)NC(=O)N1C. The van der Waals surface area contributed by atoms with E-state index in [1.54, 1.807) is 26.1 Å². The van der Waals surface area contributed by atoms with Crippen molar-refractivity contribution in [3.8, 4) is 0 Å². The predicted octanol–water partition coefficient (Wildman–Crippen LogP) is 2.68. The fourth-order valence-corrected chi connectivity index (χ4v) is 3.02. The minimum Gasteiger partial charge on any atom is -0.463 e. The molecule has 7 heteroatoms. The summed E-state index contributed by atoms with van der Waals surface area (Å²) < 4.78 is 18.5. The number of hydrogen-bond acceptors (Lipinski definition) is 4. The first-order valence-corrected chi connectivity index (χ1v) is 8.77. The third-order valence-corrected chi connectivity index (χ3v) is 4.30. The van der Waals surface area contributed by atoms with Crippen LogP contribution in [0.4, 0.5) is 9.18 Å². The van der Waals surface area contributed by atoms with E-state index < -0.39 is 12.0 Å². The molecule has 1 N–H and O–H groups in total. The number of rotatable bonds is 7. The molecule has 0 spiro atoms. The Morgan fingerprint density at radius 3 is 2.54 bits per heavy atom. The highest BCUT2D eigenvalue weighted by atomic mass is 19.1. The second-order valence-corrected chi connectivity index (χ2v) is 6.31. The number of carbonyl (C=O) groups excluding carboxylic acids is 2. The van der Waals surface area contributed by atoms with Gasteiger partial charge in [-0.1, -0.05) is 19.1 Å². The summed E-state index contributed by atoms with van der Waals surface area (Å²) in [5.41, 5.74) is 1.60. The van der Waals surface area contributed by atoms with E-state index in [4.69, 9.17) is 4.74 Å². The fourth-order valence-electron chi connectivity index (χ4n) is 3.02. The van der Waals surface area contributed by atoms with Crippen LogP contribution >= 0.6 is 0 Å². The van der Waals surface area contributed by atoms with Crippen molar-refractivity contribution in [2.24, 2.45) is 0 Å². The van der Waals surface area contributed by atoms with E-state index in [2.05, 4.69) is 12.2 Å². The van der Waals surface area contributed by atoms with Crippen LogP contribution in [0.15, 0.2) is 35.5 Å². The van der Waals surface area contributed by atoms with Gasteiger partial charge in [-0.05, 0) is 44.6 Å². The molecule has 6 nitrogen and oxygen atoms in total. The third kappa shape index (κ3) is 4.40. The molecular weight excluding hydrogens is 337 g/mol. The topological polar surface area (TPSA) is 61.9 Å². The molecule has 0 saturated carbocycles. The zero-order valence-corrected chi connectivity index (χ0v) is 15.7. The van der Waals surface area contributed by atoms with E-state index in [9.17, 15) is 14.0 Å². The Hall–Kier alpha value is -2.41.